The third kappa shape index (κ3) is 3.20. The molecule has 1 aliphatic heterocycles. The summed E-state index contributed by atoms with van der Waals surface area (Å²) >= 11 is 0. The Kier molecular flexibility index (Phi) is 4.65. The summed E-state index contributed by atoms with van der Waals surface area (Å²) in [5.41, 5.74) is 0.958. The van der Waals surface area contributed by atoms with Crippen molar-refractivity contribution >= 4 is 11.5 Å². The van der Waals surface area contributed by atoms with Crippen LogP contribution in [0.1, 0.15) is 38.6 Å². The first kappa shape index (κ1) is 18.7. The van der Waals surface area contributed by atoms with Gasteiger partial charge >= 0.3 is 0 Å². The molecule has 30 heavy (non-hydrogen) atoms. The van der Waals surface area contributed by atoms with Crippen molar-refractivity contribution < 1.29 is 4.39 Å². The van der Waals surface area contributed by atoms with Gasteiger partial charge in [0.25, 0.3) is 0 Å². The fourth-order valence-electron chi connectivity index (χ4n) is 4.11. The summed E-state index contributed by atoms with van der Waals surface area (Å²) in [5.74, 6) is 2.30. The third-order valence-corrected chi connectivity index (χ3v) is 5.42. The van der Waals surface area contributed by atoms with Crippen molar-refractivity contribution in [3.63, 3.8) is 0 Å². The minimum atomic E-state index is -0.347. The highest BCUT2D eigenvalue weighted by atomic mass is 19.1. The van der Waals surface area contributed by atoms with Crippen LogP contribution in [0.3, 0.4) is 0 Å². The minimum absolute atomic E-state index is 0.101. The summed E-state index contributed by atoms with van der Waals surface area (Å²) in [6.07, 6.45) is 3.83. The lowest BCUT2D eigenvalue weighted by Crippen LogP contribution is -2.27. The maximum Gasteiger partial charge on any atom is 0.188 e. The summed E-state index contributed by atoms with van der Waals surface area (Å²) in [6.45, 7) is 6.11. The van der Waals surface area contributed by atoms with Gasteiger partial charge in [0, 0.05) is 13.1 Å². The third-order valence-electron chi connectivity index (χ3n) is 5.42. The van der Waals surface area contributed by atoms with Crippen molar-refractivity contribution in [3.05, 3.63) is 54.4 Å². The largest absolute Gasteiger partial charge is 0.345 e. The Balaban J connectivity index is 1.54. The number of fused-ring (bicyclic) bond motifs is 1. The van der Waals surface area contributed by atoms with Gasteiger partial charge in [-0.1, -0.05) is 26.0 Å². The number of halogens is 1. The summed E-state index contributed by atoms with van der Waals surface area (Å²) in [5, 5.41) is 21.7. The zero-order chi connectivity index (χ0) is 20.7. The van der Waals surface area contributed by atoms with E-state index < -0.39 is 0 Å². The molecule has 0 bridgehead atoms. The molecule has 1 atom stereocenters. The van der Waals surface area contributed by atoms with E-state index >= 15 is 0 Å². The topological polar surface area (TPSA) is 77.0 Å². The predicted octanol–water partition coefficient (Wildman–Crippen LogP) is 3.52. The number of anilines is 1. The molecule has 0 saturated carbocycles. The lowest BCUT2D eigenvalue weighted by molar-refractivity contribution is 0.487. The summed E-state index contributed by atoms with van der Waals surface area (Å²) in [7, 11) is 0. The molecule has 4 heterocycles. The normalized spacial score (nSPS) is 16.8. The molecular weight excluding hydrogens is 383 g/mol. The molecule has 1 fully saturated rings. The van der Waals surface area contributed by atoms with Crippen molar-refractivity contribution in [3.8, 4) is 11.4 Å². The summed E-state index contributed by atoms with van der Waals surface area (Å²) in [6, 6.07) is 10.4. The number of benzene rings is 1. The Bertz CT molecular complexity index is 1180. The second-order valence-electron chi connectivity index (χ2n) is 8.05. The van der Waals surface area contributed by atoms with Crippen molar-refractivity contribution in [1.82, 2.24) is 34.6 Å². The van der Waals surface area contributed by atoms with Crippen molar-refractivity contribution in [2.24, 2.45) is 5.92 Å². The van der Waals surface area contributed by atoms with Crippen LogP contribution in [0.15, 0.2) is 42.7 Å². The molecule has 4 aromatic rings. The molecule has 1 saturated heterocycles. The van der Waals surface area contributed by atoms with Crippen LogP contribution in [-0.4, -0.2) is 41.1 Å². The molecule has 5 rings (SSSR count). The number of rotatable bonds is 5. The van der Waals surface area contributed by atoms with Crippen LogP contribution in [-0.2, 0) is 6.54 Å². The Morgan fingerprint density at radius 2 is 1.97 bits per heavy atom. The number of aromatic nitrogens is 7. The summed E-state index contributed by atoms with van der Waals surface area (Å²) in [4.78, 5) is 2.24. The highest BCUT2D eigenvalue weighted by Crippen LogP contribution is 2.34. The fourth-order valence-corrected chi connectivity index (χ4v) is 4.11. The number of hydrogen-bond donors (Lipinski definition) is 0. The van der Waals surface area contributed by atoms with Crippen LogP contribution in [0.25, 0.3) is 17.0 Å². The van der Waals surface area contributed by atoms with E-state index in [1.807, 2.05) is 12.1 Å². The standard InChI is InChI=1S/C21H23FN8/c1-14(2)12-28-13-23-25-21(28)17-8-5-11-29(17)19-10-9-18-24-26-20(30(18)27-19)15-6-3-4-7-16(15)22/h3-4,6-7,9-10,13-14,17H,5,8,11-12H2,1-2H3. The van der Waals surface area contributed by atoms with E-state index in [4.69, 9.17) is 5.10 Å². The van der Waals surface area contributed by atoms with Gasteiger partial charge in [-0.15, -0.1) is 25.5 Å². The van der Waals surface area contributed by atoms with Gasteiger partial charge in [-0.3, -0.25) is 0 Å². The van der Waals surface area contributed by atoms with E-state index in [2.05, 4.69) is 43.7 Å². The van der Waals surface area contributed by atoms with Gasteiger partial charge < -0.3 is 9.47 Å². The van der Waals surface area contributed by atoms with Crippen LogP contribution >= 0.6 is 0 Å². The average Bonchev–Trinajstić information content (AvgIpc) is 3.46. The first-order chi connectivity index (χ1) is 14.6. The van der Waals surface area contributed by atoms with Crippen LogP contribution < -0.4 is 4.90 Å². The van der Waals surface area contributed by atoms with Gasteiger partial charge in [-0.25, -0.2) is 4.39 Å². The Morgan fingerprint density at radius 1 is 1.10 bits per heavy atom. The van der Waals surface area contributed by atoms with Gasteiger partial charge in [0.05, 0.1) is 11.6 Å². The summed E-state index contributed by atoms with van der Waals surface area (Å²) < 4.78 is 18.1. The maximum atomic E-state index is 14.3. The zero-order valence-electron chi connectivity index (χ0n) is 17.0. The molecule has 0 N–H and O–H groups in total. The van der Waals surface area contributed by atoms with Crippen molar-refractivity contribution in [2.75, 3.05) is 11.4 Å². The van der Waals surface area contributed by atoms with Crippen molar-refractivity contribution in [1.29, 1.82) is 0 Å². The first-order valence-corrected chi connectivity index (χ1v) is 10.2. The molecular formula is C21H23FN8. The van der Waals surface area contributed by atoms with E-state index in [1.165, 1.54) is 6.07 Å². The van der Waals surface area contributed by atoms with Gasteiger partial charge in [0.1, 0.15) is 18.0 Å². The van der Waals surface area contributed by atoms with Gasteiger partial charge in [-0.05, 0) is 43.0 Å². The quantitative estimate of drug-likeness (QED) is 0.505. The molecule has 1 unspecified atom stereocenters. The number of hydrogen-bond acceptors (Lipinski definition) is 6. The maximum absolute atomic E-state index is 14.3. The average molecular weight is 406 g/mol. The molecule has 0 amide bonds. The molecule has 154 valence electrons. The van der Waals surface area contributed by atoms with E-state index in [1.54, 1.807) is 29.0 Å². The van der Waals surface area contributed by atoms with E-state index in [9.17, 15) is 4.39 Å². The lowest BCUT2D eigenvalue weighted by atomic mass is 10.2. The lowest BCUT2D eigenvalue weighted by Gasteiger charge is -2.25. The second-order valence-corrected chi connectivity index (χ2v) is 8.05. The van der Waals surface area contributed by atoms with Crippen LogP contribution in [0.2, 0.25) is 0 Å². The highest BCUT2D eigenvalue weighted by molar-refractivity contribution is 5.60. The van der Waals surface area contributed by atoms with Gasteiger partial charge in [0.15, 0.2) is 17.3 Å². The van der Waals surface area contributed by atoms with E-state index in [0.717, 1.165) is 37.6 Å². The number of nitrogens with zero attached hydrogens (tertiary/aromatic N) is 8. The first-order valence-electron chi connectivity index (χ1n) is 10.2. The second kappa shape index (κ2) is 7.47. The molecule has 0 aliphatic carbocycles. The van der Waals surface area contributed by atoms with E-state index in [0.29, 0.717) is 23.0 Å². The predicted molar refractivity (Wildman–Crippen MR) is 110 cm³/mol. The molecule has 1 aromatic carbocycles. The van der Waals surface area contributed by atoms with Crippen LogP contribution in [0.4, 0.5) is 10.2 Å². The minimum Gasteiger partial charge on any atom is -0.345 e. The van der Waals surface area contributed by atoms with Crippen LogP contribution in [0, 0.1) is 11.7 Å². The Morgan fingerprint density at radius 3 is 2.80 bits per heavy atom. The molecule has 8 nitrogen and oxygen atoms in total. The SMILES string of the molecule is CC(C)Cn1cnnc1C1CCCN1c1ccc2nnc(-c3ccccc3F)n2n1. The van der Waals surface area contributed by atoms with Gasteiger partial charge in [-0.2, -0.15) is 4.52 Å². The highest BCUT2D eigenvalue weighted by Gasteiger charge is 2.31. The molecule has 0 spiro atoms. The molecule has 9 heteroatoms. The molecule has 0 radical (unpaired) electrons. The monoisotopic (exact) mass is 406 g/mol. The Labute approximate surface area is 173 Å². The van der Waals surface area contributed by atoms with Gasteiger partial charge in [0.2, 0.25) is 0 Å². The smallest absolute Gasteiger partial charge is 0.188 e. The zero-order valence-corrected chi connectivity index (χ0v) is 17.0. The van der Waals surface area contributed by atoms with Crippen molar-refractivity contribution in [2.45, 2.75) is 39.3 Å². The Hall–Kier alpha value is -3.36. The van der Waals surface area contributed by atoms with E-state index in [-0.39, 0.29) is 11.9 Å². The molecule has 1 aliphatic rings. The van der Waals surface area contributed by atoms with Crippen LogP contribution in [0.5, 0.6) is 0 Å². The fraction of sp³-hybridized carbons (Fsp3) is 0.381. The molecule has 3 aromatic heterocycles.